The zero-order chi connectivity index (χ0) is 9.03. The highest BCUT2D eigenvalue weighted by Crippen LogP contribution is 2.34. The molecule has 0 saturated heterocycles. The molecule has 0 aromatic carbocycles. The molecule has 0 N–H and O–H groups in total. The molecule has 12 heavy (non-hydrogen) atoms. The summed E-state index contributed by atoms with van der Waals surface area (Å²) in [6.45, 7) is 9.84. The topological polar surface area (TPSA) is 0 Å². The summed E-state index contributed by atoms with van der Waals surface area (Å²) in [5.74, 6) is 0. The molecule has 64 valence electrons. The minimum absolute atomic E-state index is 0.179. The minimum atomic E-state index is 0.179. The van der Waals surface area contributed by atoms with Gasteiger partial charge in [0, 0.05) is 5.41 Å². The molecule has 1 rings (SSSR count). The Morgan fingerprint density at radius 2 is 2.33 bits per heavy atom. The van der Waals surface area contributed by atoms with Gasteiger partial charge in [-0.25, -0.2) is 0 Å². The van der Waals surface area contributed by atoms with Gasteiger partial charge in [-0.15, -0.1) is 6.58 Å². The van der Waals surface area contributed by atoms with Crippen LogP contribution < -0.4 is 0 Å². The van der Waals surface area contributed by atoms with Crippen molar-refractivity contribution in [1.29, 1.82) is 0 Å². The molecule has 0 radical (unpaired) electrons. The van der Waals surface area contributed by atoms with Crippen molar-refractivity contribution in [2.75, 3.05) is 0 Å². The molecule has 0 nitrogen and oxygen atoms in total. The zero-order valence-electron chi connectivity index (χ0n) is 7.72. The standard InChI is InChI=1S/C12H16/c1-4-11-8-7-9-12(5-2,6-3)10-11/h4-5,7-8,10H,1-2,6,9H2,3H3. The van der Waals surface area contributed by atoms with E-state index in [1.807, 2.05) is 12.2 Å². The van der Waals surface area contributed by atoms with Crippen molar-refractivity contribution >= 4 is 0 Å². The van der Waals surface area contributed by atoms with Crippen LogP contribution in [0.15, 0.2) is 49.1 Å². The maximum absolute atomic E-state index is 3.88. The van der Waals surface area contributed by atoms with Crippen LogP contribution >= 0.6 is 0 Å². The van der Waals surface area contributed by atoms with Crippen LogP contribution in [0, 0.1) is 5.41 Å². The number of hydrogen-bond donors (Lipinski definition) is 0. The highest BCUT2D eigenvalue weighted by Gasteiger charge is 2.21. The van der Waals surface area contributed by atoms with E-state index < -0.39 is 0 Å². The van der Waals surface area contributed by atoms with Gasteiger partial charge in [-0.2, -0.15) is 0 Å². The molecular weight excluding hydrogens is 144 g/mol. The Kier molecular flexibility index (Phi) is 2.69. The lowest BCUT2D eigenvalue weighted by atomic mass is 9.77. The SMILES string of the molecule is C=CC1=CC(C=C)(CC)CC=C1. The van der Waals surface area contributed by atoms with Crippen molar-refractivity contribution in [1.82, 2.24) is 0 Å². The van der Waals surface area contributed by atoms with Crippen LogP contribution in [0.5, 0.6) is 0 Å². The number of hydrogen-bond acceptors (Lipinski definition) is 0. The molecule has 0 spiro atoms. The van der Waals surface area contributed by atoms with E-state index in [4.69, 9.17) is 0 Å². The van der Waals surface area contributed by atoms with Gasteiger partial charge in [-0.3, -0.25) is 0 Å². The van der Waals surface area contributed by atoms with E-state index in [0.29, 0.717) is 0 Å². The van der Waals surface area contributed by atoms with Crippen molar-refractivity contribution in [3.05, 3.63) is 49.1 Å². The van der Waals surface area contributed by atoms with Gasteiger partial charge in [0.2, 0.25) is 0 Å². The van der Waals surface area contributed by atoms with E-state index in [0.717, 1.165) is 12.8 Å². The molecule has 0 aromatic heterocycles. The van der Waals surface area contributed by atoms with Crippen molar-refractivity contribution in [2.45, 2.75) is 19.8 Å². The third-order valence-corrected chi connectivity index (χ3v) is 2.56. The summed E-state index contributed by atoms with van der Waals surface area (Å²) in [6.07, 6.45) is 12.7. The van der Waals surface area contributed by atoms with Crippen molar-refractivity contribution in [3.63, 3.8) is 0 Å². The van der Waals surface area contributed by atoms with Crippen LogP contribution in [0.1, 0.15) is 19.8 Å². The Morgan fingerprint density at radius 3 is 2.83 bits per heavy atom. The van der Waals surface area contributed by atoms with Crippen molar-refractivity contribution < 1.29 is 0 Å². The van der Waals surface area contributed by atoms with Crippen molar-refractivity contribution in [2.24, 2.45) is 5.41 Å². The van der Waals surface area contributed by atoms with E-state index in [-0.39, 0.29) is 5.41 Å². The monoisotopic (exact) mass is 160 g/mol. The Morgan fingerprint density at radius 1 is 1.58 bits per heavy atom. The zero-order valence-corrected chi connectivity index (χ0v) is 7.72. The van der Waals surface area contributed by atoms with Crippen molar-refractivity contribution in [3.8, 4) is 0 Å². The number of allylic oxidation sites excluding steroid dienone is 6. The molecule has 1 unspecified atom stereocenters. The Hall–Kier alpha value is -1.04. The van der Waals surface area contributed by atoms with Crippen LogP contribution in [0.4, 0.5) is 0 Å². The largest absolute Gasteiger partial charge is 0.102 e. The third-order valence-electron chi connectivity index (χ3n) is 2.56. The quantitative estimate of drug-likeness (QED) is 0.553. The van der Waals surface area contributed by atoms with Gasteiger partial charge in [0.05, 0.1) is 0 Å². The Bertz CT molecular complexity index is 243. The Balaban J connectivity index is 2.95. The summed E-state index contributed by atoms with van der Waals surface area (Å²) in [4.78, 5) is 0. The van der Waals surface area contributed by atoms with Crippen LogP contribution in [-0.2, 0) is 0 Å². The summed E-state index contributed by atoms with van der Waals surface area (Å²) in [5, 5.41) is 0. The van der Waals surface area contributed by atoms with Gasteiger partial charge < -0.3 is 0 Å². The fourth-order valence-corrected chi connectivity index (χ4v) is 1.51. The molecule has 0 bridgehead atoms. The average Bonchev–Trinajstić information content (AvgIpc) is 2.18. The van der Waals surface area contributed by atoms with E-state index in [1.165, 1.54) is 5.57 Å². The molecule has 0 fully saturated rings. The fraction of sp³-hybridized carbons (Fsp3) is 0.333. The molecular formula is C12H16. The molecule has 1 aliphatic rings. The second-order valence-corrected chi connectivity index (χ2v) is 3.25. The normalized spacial score (nSPS) is 27.9. The van der Waals surface area contributed by atoms with Gasteiger partial charge in [-0.1, -0.05) is 43.9 Å². The maximum Gasteiger partial charge on any atom is 0.00992 e. The second-order valence-electron chi connectivity index (χ2n) is 3.25. The highest BCUT2D eigenvalue weighted by molar-refractivity contribution is 5.36. The van der Waals surface area contributed by atoms with Crippen LogP contribution in [-0.4, -0.2) is 0 Å². The molecule has 0 aliphatic heterocycles. The van der Waals surface area contributed by atoms with Gasteiger partial charge in [0.1, 0.15) is 0 Å². The predicted molar refractivity (Wildman–Crippen MR) is 55.0 cm³/mol. The first-order valence-electron chi connectivity index (χ1n) is 4.42. The first-order chi connectivity index (χ1) is 5.76. The lowest BCUT2D eigenvalue weighted by molar-refractivity contribution is 0.475. The van der Waals surface area contributed by atoms with Crippen LogP contribution in [0.2, 0.25) is 0 Å². The average molecular weight is 160 g/mol. The molecule has 0 heteroatoms. The first kappa shape index (κ1) is 9.05. The minimum Gasteiger partial charge on any atom is -0.102 e. The molecule has 1 atom stereocenters. The van der Waals surface area contributed by atoms with E-state index in [1.54, 1.807) is 0 Å². The molecule has 0 heterocycles. The van der Waals surface area contributed by atoms with Gasteiger partial charge in [0.25, 0.3) is 0 Å². The lowest BCUT2D eigenvalue weighted by Gasteiger charge is -2.27. The second kappa shape index (κ2) is 3.57. The summed E-state index contributed by atoms with van der Waals surface area (Å²) in [5.41, 5.74) is 1.39. The number of rotatable bonds is 3. The van der Waals surface area contributed by atoms with Gasteiger partial charge in [-0.05, 0) is 18.4 Å². The predicted octanol–water partition coefficient (Wildman–Crippen LogP) is 3.64. The maximum atomic E-state index is 3.88. The van der Waals surface area contributed by atoms with E-state index >= 15 is 0 Å². The van der Waals surface area contributed by atoms with Crippen LogP contribution in [0.3, 0.4) is 0 Å². The molecule has 1 aliphatic carbocycles. The van der Waals surface area contributed by atoms with Gasteiger partial charge >= 0.3 is 0 Å². The lowest BCUT2D eigenvalue weighted by Crippen LogP contribution is -2.14. The molecule has 0 aromatic rings. The van der Waals surface area contributed by atoms with Crippen LogP contribution in [0.25, 0.3) is 0 Å². The van der Waals surface area contributed by atoms with E-state index in [9.17, 15) is 0 Å². The molecule has 0 amide bonds. The summed E-state index contributed by atoms with van der Waals surface area (Å²) in [7, 11) is 0. The Labute approximate surface area is 75.0 Å². The fourth-order valence-electron chi connectivity index (χ4n) is 1.51. The summed E-state index contributed by atoms with van der Waals surface area (Å²) >= 11 is 0. The summed E-state index contributed by atoms with van der Waals surface area (Å²) < 4.78 is 0. The smallest absolute Gasteiger partial charge is 0.00992 e. The highest BCUT2D eigenvalue weighted by atomic mass is 14.3. The first-order valence-corrected chi connectivity index (χ1v) is 4.42. The van der Waals surface area contributed by atoms with Gasteiger partial charge in [0.15, 0.2) is 0 Å². The summed E-state index contributed by atoms with van der Waals surface area (Å²) in [6, 6.07) is 0. The molecule has 0 saturated carbocycles. The van der Waals surface area contributed by atoms with E-state index in [2.05, 4.69) is 38.3 Å². The third kappa shape index (κ3) is 1.58.